The lowest BCUT2D eigenvalue weighted by molar-refractivity contribution is 0.393. The summed E-state index contributed by atoms with van der Waals surface area (Å²) in [6, 6.07) is 5.91. The van der Waals surface area contributed by atoms with Crippen LogP contribution in [0.3, 0.4) is 0 Å². The van der Waals surface area contributed by atoms with Crippen molar-refractivity contribution in [3.05, 3.63) is 23.8 Å². The van der Waals surface area contributed by atoms with Crippen molar-refractivity contribution < 1.29 is 9.47 Å². The highest BCUT2D eigenvalue weighted by molar-refractivity contribution is 5.38. The fourth-order valence-electron chi connectivity index (χ4n) is 1.07. The van der Waals surface area contributed by atoms with E-state index in [1.54, 1.807) is 14.2 Å². The predicted molar refractivity (Wildman–Crippen MR) is 60.3 cm³/mol. The van der Waals surface area contributed by atoms with E-state index in [9.17, 15) is 0 Å². The predicted octanol–water partition coefficient (Wildman–Crippen LogP) is 3.29. The summed E-state index contributed by atoms with van der Waals surface area (Å²) in [6.07, 6.45) is 0.994. The molecule has 0 atom stereocenters. The molecule has 0 saturated carbocycles. The van der Waals surface area contributed by atoms with Gasteiger partial charge in [0, 0.05) is 6.07 Å². The van der Waals surface area contributed by atoms with E-state index in [4.69, 9.17) is 9.47 Å². The second-order valence-electron chi connectivity index (χ2n) is 2.57. The van der Waals surface area contributed by atoms with Gasteiger partial charge in [-0.05, 0) is 24.1 Å². The molecule has 0 amide bonds. The molecule has 0 aromatic heterocycles. The summed E-state index contributed by atoms with van der Waals surface area (Å²) in [5.41, 5.74) is 1.23. The Morgan fingerprint density at radius 3 is 1.64 bits per heavy atom. The van der Waals surface area contributed by atoms with Crippen molar-refractivity contribution >= 4 is 0 Å². The zero-order valence-corrected chi connectivity index (χ0v) is 9.76. The third kappa shape index (κ3) is 3.69. The van der Waals surface area contributed by atoms with Gasteiger partial charge in [0.05, 0.1) is 14.2 Å². The molecule has 1 rings (SSSR count). The van der Waals surface area contributed by atoms with Crippen LogP contribution in [-0.4, -0.2) is 14.2 Å². The topological polar surface area (TPSA) is 18.5 Å². The third-order valence-corrected chi connectivity index (χ3v) is 1.82. The van der Waals surface area contributed by atoms with Gasteiger partial charge in [0.1, 0.15) is 11.5 Å². The minimum atomic E-state index is 0.853. The molecule has 0 N–H and O–H groups in total. The van der Waals surface area contributed by atoms with Gasteiger partial charge < -0.3 is 9.47 Å². The van der Waals surface area contributed by atoms with Crippen molar-refractivity contribution in [3.63, 3.8) is 0 Å². The molecule has 0 saturated heterocycles. The van der Waals surface area contributed by atoms with Crippen LogP contribution in [0.5, 0.6) is 11.5 Å². The maximum Gasteiger partial charge on any atom is 0.122 e. The number of hydrogen-bond donors (Lipinski definition) is 0. The summed E-state index contributed by atoms with van der Waals surface area (Å²) in [5.74, 6) is 1.71. The molecule has 0 aliphatic heterocycles. The van der Waals surface area contributed by atoms with Crippen LogP contribution in [0.4, 0.5) is 0 Å². The lowest BCUT2D eigenvalue weighted by Gasteiger charge is -2.06. The van der Waals surface area contributed by atoms with E-state index in [0.717, 1.165) is 17.9 Å². The minimum Gasteiger partial charge on any atom is -0.497 e. The largest absolute Gasteiger partial charge is 0.497 e. The zero-order valence-electron chi connectivity index (χ0n) is 9.76. The molecular weight excluding hydrogens is 176 g/mol. The van der Waals surface area contributed by atoms with E-state index in [1.807, 2.05) is 32.0 Å². The first-order chi connectivity index (χ1) is 6.80. The quantitative estimate of drug-likeness (QED) is 0.738. The zero-order chi connectivity index (χ0) is 11.0. The molecule has 0 fully saturated rings. The summed E-state index contributed by atoms with van der Waals surface area (Å²) in [6.45, 7) is 6.11. The summed E-state index contributed by atoms with van der Waals surface area (Å²) < 4.78 is 10.2. The van der Waals surface area contributed by atoms with Gasteiger partial charge in [0.15, 0.2) is 0 Å². The molecule has 0 radical (unpaired) electrons. The van der Waals surface area contributed by atoms with Crippen LogP contribution in [-0.2, 0) is 6.42 Å². The average molecular weight is 196 g/mol. The lowest BCUT2D eigenvalue weighted by atomic mass is 10.1. The first-order valence-electron chi connectivity index (χ1n) is 5.02. The van der Waals surface area contributed by atoms with E-state index >= 15 is 0 Å². The van der Waals surface area contributed by atoms with Crippen molar-refractivity contribution in [2.24, 2.45) is 0 Å². The molecule has 14 heavy (non-hydrogen) atoms. The monoisotopic (exact) mass is 196 g/mol. The number of rotatable bonds is 3. The Morgan fingerprint density at radius 1 is 0.929 bits per heavy atom. The fraction of sp³-hybridized carbons (Fsp3) is 0.500. The first kappa shape index (κ1) is 12.8. The second kappa shape index (κ2) is 7.25. The minimum absolute atomic E-state index is 0.853. The number of methoxy groups -OCH3 is 2. The molecular formula is C12H20O2. The standard InChI is InChI=1S/C10H14O2.C2H6/c1-4-8-5-9(11-2)7-10(6-8)12-3;1-2/h5-7H,4H2,1-3H3;1-2H3. The molecule has 2 nitrogen and oxygen atoms in total. The van der Waals surface area contributed by atoms with Gasteiger partial charge in [-0.1, -0.05) is 20.8 Å². The molecule has 0 bridgehead atoms. The molecule has 0 heterocycles. The first-order valence-corrected chi connectivity index (χ1v) is 5.02. The van der Waals surface area contributed by atoms with Crippen LogP contribution in [0, 0.1) is 0 Å². The van der Waals surface area contributed by atoms with Crippen molar-refractivity contribution in [2.75, 3.05) is 14.2 Å². The Morgan fingerprint density at radius 2 is 1.36 bits per heavy atom. The molecule has 1 aromatic carbocycles. The molecule has 2 heteroatoms. The van der Waals surface area contributed by atoms with E-state index in [2.05, 4.69) is 6.92 Å². The van der Waals surface area contributed by atoms with E-state index < -0.39 is 0 Å². The van der Waals surface area contributed by atoms with Crippen molar-refractivity contribution in [2.45, 2.75) is 27.2 Å². The van der Waals surface area contributed by atoms with E-state index in [0.29, 0.717) is 0 Å². The van der Waals surface area contributed by atoms with Gasteiger partial charge in [-0.3, -0.25) is 0 Å². The highest BCUT2D eigenvalue weighted by Gasteiger charge is 1.98. The van der Waals surface area contributed by atoms with Crippen molar-refractivity contribution in [3.8, 4) is 11.5 Å². The van der Waals surface area contributed by atoms with E-state index in [1.165, 1.54) is 5.56 Å². The van der Waals surface area contributed by atoms with Gasteiger partial charge >= 0.3 is 0 Å². The van der Waals surface area contributed by atoms with Crippen LogP contribution >= 0.6 is 0 Å². The van der Waals surface area contributed by atoms with Crippen LogP contribution < -0.4 is 9.47 Å². The normalized spacial score (nSPS) is 8.64. The Balaban J connectivity index is 0.000000791. The molecule has 0 spiro atoms. The molecule has 1 aromatic rings. The number of aryl methyl sites for hydroxylation is 1. The molecule has 80 valence electrons. The number of ether oxygens (including phenoxy) is 2. The van der Waals surface area contributed by atoms with Gasteiger partial charge in [0.25, 0.3) is 0 Å². The Kier molecular flexibility index (Phi) is 6.63. The smallest absolute Gasteiger partial charge is 0.122 e. The maximum atomic E-state index is 5.12. The number of benzene rings is 1. The maximum absolute atomic E-state index is 5.12. The Bertz CT molecular complexity index is 201. The highest BCUT2D eigenvalue weighted by Crippen LogP contribution is 2.22. The van der Waals surface area contributed by atoms with Gasteiger partial charge in [-0.15, -0.1) is 0 Å². The Labute approximate surface area is 86.9 Å². The Hall–Kier alpha value is -1.18. The van der Waals surface area contributed by atoms with Gasteiger partial charge in [-0.25, -0.2) is 0 Å². The summed E-state index contributed by atoms with van der Waals surface area (Å²) in [7, 11) is 3.32. The SMILES string of the molecule is CC.CCc1cc(OC)cc(OC)c1. The van der Waals surface area contributed by atoms with Crippen LogP contribution in [0.15, 0.2) is 18.2 Å². The van der Waals surface area contributed by atoms with Crippen molar-refractivity contribution in [1.82, 2.24) is 0 Å². The second-order valence-corrected chi connectivity index (χ2v) is 2.57. The van der Waals surface area contributed by atoms with Crippen LogP contribution in [0.25, 0.3) is 0 Å². The van der Waals surface area contributed by atoms with Crippen LogP contribution in [0.2, 0.25) is 0 Å². The summed E-state index contributed by atoms with van der Waals surface area (Å²) >= 11 is 0. The highest BCUT2D eigenvalue weighted by atomic mass is 16.5. The third-order valence-electron chi connectivity index (χ3n) is 1.82. The van der Waals surface area contributed by atoms with Gasteiger partial charge in [-0.2, -0.15) is 0 Å². The number of hydrogen-bond acceptors (Lipinski definition) is 2. The molecule has 0 unspecified atom stereocenters. The lowest BCUT2D eigenvalue weighted by Crippen LogP contribution is -1.89. The average Bonchev–Trinajstić information content (AvgIpc) is 2.30. The van der Waals surface area contributed by atoms with Gasteiger partial charge in [0.2, 0.25) is 0 Å². The summed E-state index contributed by atoms with van der Waals surface area (Å²) in [5, 5.41) is 0. The molecule has 0 aliphatic rings. The molecule has 0 aliphatic carbocycles. The van der Waals surface area contributed by atoms with Crippen molar-refractivity contribution in [1.29, 1.82) is 0 Å². The van der Waals surface area contributed by atoms with Crippen LogP contribution in [0.1, 0.15) is 26.3 Å². The summed E-state index contributed by atoms with van der Waals surface area (Å²) in [4.78, 5) is 0. The van der Waals surface area contributed by atoms with E-state index in [-0.39, 0.29) is 0 Å². The fourth-order valence-corrected chi connectivity index (χ4v) is 1.07.